The molecule has 0 nitrogen and oxygen atoms in total. The maximum atomic E-state index is 2.57. The van der Waals surface area contributed by atoms with Gasteiger partial charge < -0.3 is 0 Å². The molecule has 0 N–H and O–H groups in total. The van der Waals surface area contributed by atoms with E-state index in [-0.39, 0.29) is 5.41 Å². The molecule has 9 aromatic carbocycles. The Bertz CT molecular complexity index is 3010. The van der Waals surface area contributed by atoms with Gasteiger partial charge in [0.1, 0.15) is 0 Å². The Morgan fingerprint density at radius 2 is 0.942 bits per heavy atom. The Morgan fingerprint density at radius 3 is 1.65 bits per heavy atom. The summed E-state index contributed by atoms with van der Waals surface area (Å²) in [5.41, 5.74) is 13.1. The highest BCUT2D eigenvalue weighted by Crippen LogP contribution is 2.58. The van der Waals surface area contributed by atoms with Crippen molar-refractivity contribution < 1.29 is 0 Å². The van der Waals surface area contributed by atoms with Gasteiger partial charge in [-0.1, -0.05) is 172 Å². The number of fused-ring (bicyclic) bond motifs is 11. The van der Waals surface area contributed by atoms with Gasteiger partial charge in [-0.15, -0.1) is 11.3 Å². The van der Waals surface area contributed by atoms with E-state index in [1.165, 1.54) is 108 Å². The molecule has 1 aliphatic rings. The number of benzene rings is 9. The highest BCUT2D eigenvalue weighted by atomic mass is 32.1. The van der Waals surface area contributed by atoms with E-state index < -0.39 is 0 Å². The van der Waals surface area contributed by atoms with Crippen LogP contribution in [0.2, 0.25) is 0 Å². The van der Waals surface area contributed by atoms with E-state index >= 15 is 0 Å². The van der Waals surface area contributed by atoms with Crippen molar-refractivity contribution in [1.82, 2.24) is 0 Å². The molecule has 0 radical (unpaired) electrons. The summed E-state index contributed by atoms with van der Waals surface area (Å²) >= 11 is 1.96. The lowest BCUT2D eigenvalue weighted by atomic mass is 9.79. The lowest BCUT2D eigenvalue weighted by Crippen LogP contribution is -2.15. The summed E-state index contributed by atoms with van der Waals surface area (Å²) in [5, 5.41) is 10.6. The maximum absolute atomic E-state index is 2.57. The zero-order valence-corrected chi connectivity index (χ0v) is 29.9. The quantitative estimate of drug-likeness (QED) is 0.163. The minimum atomic E-state index is -0.139. The van der Waals surface area contributed by atoms with E-state index in [0.717, 1.165) is 0 Å². The molecule has 1 heterocycles. The Morgan fingerprint density at radius 1 is 0.385 bits per heavy atom. The van der Waals surface area contributed by atoms with E-state index in [4.69, 9.17) is 0 Å². The van der Waals surface area contributed by atoms with Gasteiger partial charge in [-0.25, -0.2) is 0 Å². The molecule has 11 rings (SSSR count). The van der Waals surface area contributed by atoms with Gasteiger partial charge in [-0.2, -0.15) is 0 Å². The second-order valence-corrected chi connectivity index (χ2v) is 15.8. The van der Waals surface area contributed by atoms with Gasteiger partial charge in [0.25, 0.3) is 0 Å². The van der Waals surface area contributed by atoms with Crippen LogP contribution in [0.1, 0.15) is 25.0 Å². The molecule has 0 aliphatic heterocycles. The van der Waals surface area contributed by atoms with E-state index in [2.05, 4.69) is 184 Å². The van der Waals surface area contributed by atoms with Crippen molar-refractivity contribution in [2.75, 3.05) is 0 Å². The molecule has 0 unspecified atom stereocenters. The average molecular weight is 679 g/mol. The zero-order chi connectivity index (χ0) is 34.6. The third-order valence-corrected chi connectivity index (χ3v) is 12.8. The summed E-state index contributed by atoms with van der Waals surface area (Å²) in [6, 6.07) is 63.2. The fourth-order valence-electron chi connectivity index (χ4n) is 9.25. The monoisotopic (exact) mass is 678 g/mol. The second-order valence-electron chi connectivity index (χ2n) is 14.8. The number of hydrogen-bond acceptors (Lipinski definition) is 1. The van der Waals surface area contributed by atoms with Crippen LogP contribution in [0.3, 0.4) is 0 Å². The van der Waals surface area contributed by atoms with Gasteiger partial charge in [0, 0.05) is 31.2 Å². The molecule has 0 saturated carbocycles. The molecule has 0 saturated heterocycles. The molecular weight excluding hydrogens is 645 g/mol. The van der Waals surface area contributed by atoms with Crippen LogP contribution in [-0.2, 0) is 5.41 Å². The van der Waals surface area contributed by atoms with E-state index in [0.29, 0.717) is 0 Å². The lowest BCUT2D eigenvalue weighted by molar-refractivity contribution is 0.661. The van der Waals surface area contributed by atoms with Crippen molar-refractivity contribution >= 4 is 63.8 Å². The molecule has 244 valence electrons. The van der Waals surface area contributed by atoms with Crippen molar-refractivity contribution in [3.05, 3.63) is 181 Å². The molecule has 1 heteroatoms. The first-order valence-corrected chi connectivity index (χ1v) is 19.0. The van der Waals surface area contributed by atoms with Crippen LogP contribution in [0, 0.1) is 0 Å². The standard InChI is InChI=1S/C51H34S/c1-51(2)42-23-13-12-22-40(42)47-43(51)30-41(50-49(47)48-35-17-7-6-16-33(35)28-29-44(48)52-50)46-38-20-10-8-18-36(38)45(37-19-9-11-21-39(37)46)34-26-24-32(25-27-34)31-14-4-3-5-15-31/h3-30H,1-2H3. The summed E-state index contributed by atoms with van der Waals surface area (Å²) < 4.78 is 2.71. The predicted molar refractivity (Wildman–Crippen MR) is 226 cm³/mol. The fraction of sp³-hybridized carbons (Fsp3) is 0.0588. The zero-order valence-electron chi connectivity index (χ0n) is 29.1. The van der Waals surface area contributed by atoms with Crippen LogP contribution in [0.25, 0.3) is 97.0 Å². The molecule has 0 spiro atoms. The van der Waals surface area contributed by atoms with E-state index in [1.54, 1.807) is 0 Å². The minimum absolute atomic E-state index is 0.139. The highest BCUT2D eigenvalue weighted by molar-refractivity contribution is 7.26. The van der Waals surface area contributed by atoms with Crippen molar-refractivity contribution in [1.29, 1.82) is 0 Å². The average Bonchev–Trinajstić information content (AvgIpc) is 3.70. The largest absolute Gasteiger partial charge is 0.134 e. The van der Waals surface area contributed by atoms with Gasteiger partial charge >= 0.3 is 0 Å². The van der Waals surface area contributed by atoms with Gasteiger partial charge in [0.05, 0.1) is 0 Å². The normalized spacial score (nSPS) is 13.3. The van der Waals surface area contributed by atoms with Crippen LogP contribution in [-0.4, -0.2) is 0 Å². The van der Waals surface area contributed by atoms with Gasteiger partial charge in [0.15, 0.2) is 0 Å². The van der Waals surface area contributed by atoms with Gasteiger partial charge in [0.2, 0.25) is 0 Å². The van der Waals surface area contributed by atoms with Crippen LogP contribution < -0.4 is 0 Å². The first kappa shape index (κ1) is 29.7. The Hall–Kier alpha value is -6.02. The molecule has 1 aromatic heterocycles. The molecular formula is C51H34S. The van der Waals surface area contributed by atoms with Gasteiger partial charge in [-0.05, 0) is 94.5 Å². The summed E-state index contributed by atoms with van der Waals surface area (Å²) in [6.45, 7) is 4.83. The molecule has 0 bridgehead atoms. The van der Waals surface area contributed by atoms with Crippen molar-refractivity contribution in [2.24, 2.45) is 0 Å². The summed E-state index contributed by atoms with van der Waals surface area (Å²) in [5.74, 6) is 0. The molecule has 0 atom stereocenters. The minimum Gasteiger partial charge on any atom is -0.134 e. The third kappa shape index (κ3) is 4.09. The Labute approximate surface area is 307 Å². The first-order chi connectivity index (χ1) is 25.6. The lowest BCUT2D eigenvalue weighted by Gasteiger charge is -2.24. The number of rotatable bonds is 3. The summed E-state index contributed by atoms with van der Waals surface area (Å²) in [4.78, 5) is 0. The molecule has 52 heavy (non-hydrogen) atoms. The SMILES string of the molecule is CC1(C)c2ccccc2-c2c1cc(-c1c3ccccc3c(-c3ccc(-c4ccccc4)cc3)c3ccccc13)c1sc3ccc4ccccc4c3c21. The predicted octanol–water partition coefficient (Wildman–Crippen LogP) is 14.8. The summed E-state index contributed by atoms with van der Waals surface area (Å²) in [6.07, 6.45) is 0. The molecule has 0 fully saturated rings. The third-order valence-electron chi connectivity index (χ3n) is 11.7. The van der Waals surface area contributed by atoms with E-state index in [9.17, 15) is 0 Å². The van der Waals surface area contributed by atoms with Crippen LogP contribution in [0.4, 0.5) is 0 Å². The maximum Gasteiger partial charge on any atom is 0.0440 e. The fourth-order valence-corrected chi connectivity index (χ4v) is 10.5. The summed E-state index contributed by atoms with van der Waals surface area (Å²) in [7, 11) is 0. The van der Waals surface area contributed by atoms with Crippen molar-refractivity contribution in [3.63, 3.8) is 0 Å². The van der Waals surface area contributed by atoms with Crippen LogP contribution in [0.15, 0.2) is 170 Å². The topological polar surface area (TPSA) is 0 Å². The Balaban J connectivity index is 1.28. The van der Waals surface area contributed by atoms with Crippen molar-refractivity contribution in [3.8, 4) is 44.5 Å². The molecule has 1 aliphatic carbocycles. The van der Waals surface area contributed by atoms with E-state index in [1.807, 2.05) is 11.3 Å². The van der Waals surface area contributed by atoms with Crippen LogP contribution >= 0.6 is 11.3 Å². The highest BCUT2D eigenvalue weighted by Gasteiger charge is 2.38. The second kappa shape index (κ2) is 11.0. The van der Waals surface area contributed by atoms with Gasteiger partial charge in [-0.3, -0.25) is 0 Å². The first-order valence-electron chi connectivity index (χ1n) is 18.2. The Kier molecular flexibility index (Phi) is 6.27. The molecule has 10 aromatic rings. The smallest absolute Gasteiger partial charge is 0.0440 e. The molecule has 0 amide bonds. The number of thiophene rings is 1. The number of hydrogen-bond donors (Lipinski definition) is 0. The van der Waals surface area contributed by atoms with Crippen molar-refractivity contribution in [2.45, 2.75) is 19.3 Å². The van der Waals surface area contributed by atoms with Crippen LogP contribution in [0.5, 0.6) is 0 Å².